The average Bonchev–Trinajstić information content (AvgIpc) is 2.69. The van der Waals surface area contributed by atoms with Crippen LogP contribution in [0, 0.1) is 6.92 Å². The molecule has 142 valence electrons. The summed E-state index contributed by atoms with van der Waals surface area (Å²) < 4.78 is 0. The normalized spacial score (nSPS) is 10.5. The van der Waals surface area contributed by atoms with Gasteiger partial charge < -0.3 is 16.8 Å². The minimum atomic E-state index is -0.490. The number of nitrogens with one attached hydrogen (secondary N) is 1. The first kappa shape index (κ1) is 19.1. The predicted molar refractivity (Wildman–Crippen MR) is 110 cm³/mol. The number of anilines is 2. The molecule has 1 heterocycles. The first-order valence-electron chi connectivity index (χ1n) is 8.92. The highest BCUT2D eigenvalue weighted by atomic mass is 16.2. The smallest absolute Gasteiger partial charge is 0.255 e. The van der Waals surface area contributed by atoms with Crippen molar-refractivity contribution in [2.45, 2.75) is 19.8 Å². The Bertz CT molecular complexity index is 1030. The SMILES string of the molecule is Cc1ccc(C(=O)Nc2cccc(CCc3cncc(C(N)=O)c3)c2)cc1N. The summed E-state index contributed by atoms with van der Waals surface area (Å²) >= 11 is 0. The Labute approximate surface area is 163 Å². The zero-order chi connectivity index (χ0) is 20.1. The van der Waals surface area contributed by atoms with Gasteiger partial charge in [0.2, 0.25) is 5.91 Å². The molecule has 0 aliphatic rings. The first-order valence-corrected chi connectivity index (χ1v) is 8.92. The number of carbonyl (C=O) groups excluding carboxylic acids is 2. The van der Waals surface area contributed by atoms with Gasteiger partial charge in [0.25, 0.3) is 5.91 Å². The van der Waals surface area contributed by atoms with E-state index in [1.165, 1.54) is 6.20 Å². The van der Waals surface area contributed by atoms with E-state index >= 15 is 0 Å². The van der Waals surface area contributed by atoms with Gasteiger partial charge >= 0.3 is 0 Å². The Balaban J connectivity index is 1.66. The number of carbonyl (C=O) groups is 2. The van der Waals surface area contributed by atoms with Crippen LogP contribution in [0.3, 0.4) is 0 Å². The molecule has 2 aromatic carbocycles. The molecular weight excluding hydrogens is 352 g/mol. The summed E-state index contributed by atoms with van der Waals surface area (Å²) in [5.74, 6) is -0.696. The number of nitrogens with two attached hydrogens (primary N) is 2. The fraction of sp³-hybridized carbons (Fsp3) is 0.136. The fourth-order valence-corrected chi connectivity index (χ4v) is 2.84. The van der Waals surface area contributed by atoms with Crippen LogP contribution in [0.4, 0.5) is 11.4 Å². The van der Waals surface area contributed by atoms with Crippen LogP contribution >= 0.6 is 0 Å². The number of hydrogen-bond donors (Lipinski definition) is 3. The van der Waals surface area contributed by atoms with Crippen molar-refractivity contribution >= 4 is 23.2 Å². The lowest BCUT2D eigenvalue weighted by atomic mass is 10.0. The maximum absolute atomic E-state index is 12.5. The van der Waals surface area contributed by atoms with E-state index in [9.17, 15) is 9.59 Å². The molecule has 2 amide bonds. The number of pyridine rings is 1. The summed E-state index contributed by atoms with van der Waals surface area (Å²) in [5, 5.41) is 2.90. The van der Waals surface area contributed by atoms with Crippen molar-refractivity contribution in [1.29, 1.82) is 0 Å². The molecule has 0 spiro atoms. The van der Waals surface area contributed by atoms with Crippen molar-refractivity contribution in [2.75, 3.05) is 11.1 Å². The first-order chi connectivity index (χ1) is 13.4. The highest BCUT2D eigenvalue weighted by Crippen LogP contribution is 2.17. The van der Waals surface area contributed by atoms with E-state index < -0.39 is 5.91 Å². The summed E-state index contributed by atoms with van der Waals surface area (Å²) in [4.78, 5) is 27.8. The Morgan fingerprint density at radius 1 is 0.964 bits per heavy atom. The third kappa shape index (κ3) is 4.73. The largest absolute Gasteiger partial charge is 0.398 e. The van der Waals surface area contributed by atoms with Crippen molar-refractivity contribution in [2.24, 2.45) is 5.73 Å². The molecule has 0 unspecified atom stereocenters. The van der Waals surface area contributed by atoms with Crippen LogP contribution in [-0.4, -0.2) is 16.8 Å². The predicted octanol–water partition coefficient (Wildman–Crippen LogP) is 3.11. The summed E-state index contributed by atoms with van der Waals surface area (Å²) in [6.45, 7) is 1.90. The van der Waals surface area contributed by atoms with Crippen LogP contribution in [0.25, 0.3) is 0 Å². The molecule has 6 nitrogen and oxygen atoms in total. The third-order valence-corrected chi connectivity index (χ3v) is 4.51. The molecule has 0 saturated heterocycles. The number of benzene rings is 2. The number of aryl methyl sites for hydroxylation is 3. The van der Waals surface area contributed by atoms with Crippen molar-refractivity contribution < 1.29 is 9.59 Å². The van der Waals surface area contributed by atoms with Gasteiger partial charge in [-0.1, -0.05) is 18.2 Å². The molecule has 0 bridgehead atoms. The highest BCUT2D eigenvalue weighted by Gasteiger charge is 2.08. The van der Waals surface area contributed by atoms with E-state index in [0.717, 1.165) is 23.1 Å². The van der Waals surface area contributed by atoms with Gasteiger partial charge in [0.15, 0.2) is 0 Å². The van der Waals surface area contributed by atoms with Gasteiger partial charge in [-0.25, -0.2) is 0 Å². The van der Waals surface area contributed by atoms with Crippen molar-refractivity contribution in [3.8, 4) is 0 Å². The molecular formula is C22H22N4O2. The molecule has 6 heteroatoms. The number of primary amides is 1. The van der Waals surface area contributed by atoms with Gasteiger partial charge in [-0.2, -0.15) is 0 Å². The standard InChI is InChI=1S/C22H22N4O2/c1-14-5-8-17(11-20(14)23)22(28)26-19-4-2-3-15(10-19)6-7-16-9-18(21(24)27)13-25-12-16/h2-5,8-13H,6-7,23H2,1H3,(H2,24,27)(H,26,28). The van der Waals surface area contributed by atoms with Crippen molar-refractivity contribution in [3.05, 3.63) is 88.7 Å². The third-order valence-electron chi connectivity index (χ3n) is 4.51. The molecule has 28 heavy (non-hydrogen) atoms. The van der Waals surface area contributed by atoms with Gasteiger partial charge in [0.05, 0.1) is 5.56 Å². The lowest BCUT2D eigenvalue weighted by Crippen LogP contribution is -2.12. The second-order valence-corrected chi connectivity index (χ2v) is 6.67. The van der Waals surface area contributed by atoms with E-state index in [-0.39, 0.29) is 5.91 Å². The Morgan fingerprint density at radius 2 is 1.75 bits per heavy atom. The number of rotatable bonds is 6. The van der Waals surface area contributed by atoms with Crippen LogP contribution in [0.5, 0.6) is 0 Å². The lowest BCUT2D eigenvalue weighted by Gasteiger charge is -2.09. The monoisotopic (exact) mass is 374 g/mol. The fourth-order valence-electron chi connectivity index (χ4n) is 2.84. The molecule has 5 N–H and O–H groups in total. The van der Waals surface area contributed by atoms with E-state index in [1.807, 2.05) is 37.3 Å². The minimum Gasteiger partial charge on any atom is -0.398 e. The molecule has 0 aliphatic heterocycles. The number of nitrogens with zero attached hydrogens (tertiary/aromatic N) is 1. The maximum atomic E-state index is 12.5. The molecule has 0 aliphatic carbocycles. The molecule has 3 aromatic rings. The maximum Gasteiger partial charge on any atom is 0.255 e. The molecule has 0 atom stereocenters. The van der Waals surface area contributed by atoms with Crippen LogP contribution < -0.4 is 16.8 Å². The van der Waals surface area contributed by atoms with Gasteiger partial charge in [-0.05, 0) is 66.8 Å². The molecule has 0 saturated carbocycles. The van der Waals surface area contributed by atoms with Gasteiger partial charge in [0.1, 0.15) is 0 Å². The topological polar surface area (TPSA) is 111 Å². The summed E-state index contributed by atoms with van der Waals surface area (Å²) in [6.07, 6.45) is 4.63. The van der Waals surface area contributed by atoms with Gasteiger partial charge in [0, 0.05) is 29.3 Å². The quantitative estimate of drug-likeness (QED) is 0.576. The second kappa shape index (κ2) is 8.35. The van der Waals surface area contributed by atoms with E-state index in [4.69, 9.17) is 11.5 Å². The number of hydrogen-bond acceptors (Lipinski definition) is 4. The number of nitrogen functional groups attached to an aromatic ring is 1. The molecule has 0 fully saturated rings. The zero-order valence-corrected chi connectivity index (χ0v) is 15.6. The molecule has 3 rings (SSSR count). The molecule has 1 aromatic heterocycles. The van der Waals surface area contributed by atoms with E-state index in [1.54, 1.807) is 24.4 Å². The van der Waals surface area contributed by atoms with E-state index in [0.29, 0.717) is 28.9 Å². The number of amides is 2. The van der Waals surface area contributed by atoms with Crippen molar-refractivity contribution in [3.63, 3.8) is 0 Å². The Kier molecular flexibility index (Phi) is 5.69. The summed E-state index contributed by atoms with van der Waals surface area (Å²) in [6, 6.07) is 14.7. The van der Waals surface area contributed by atoms with Crippen molar-refractivity contribution in [1.82, 2.24) is 4.98 Å². The minimum absolute atomic E-state index is 0.206. The lowest BCUT2D eigenvalue weighted by molar-refractivity contribution is 0.0997. The van der Waals surface area contributed by atoms with Gasteiger partial charge in [-0.3, -0.25) is 14.6 Å². The average molecular weight is 374 g/mol. The zero-order valence-electron chi connectivity index (χ0n) is 15.6. The Morgan fingerprint density at radius 3 is 2.50 bits per heavy atom. The second-order valence-electron chi connectivity index (χ2n) is 6.67. The summed E-state index contributed by atoms with van der Waals surface area (Å²) in [7, 11) is 0. The Hall–Kier alpha value is -3.67. The van der Waals surface area contributed by atoms with Crippen LogP contribution in [0.15, 0.2) is 60.9 Å². The van der Waals surface area contributed by atoms with E-state index in [2.05, 4.69) is 10.3 Å². The van der Waals surface area contributed by atoms with Crippen LogP contribution in [0.2, 0.25) is 0 Å². The molecule has 0 radical (unpaired) electrons. The van der Waals surface area contributed by atoms with Gasteiger partial charge in [-0.15, -0.1) is 0 Å². The highest BCUT2D eigenvalue weighted by molar-refractivity contribution is 6.04. The van der Waals surface area contributed by atoms with Crippen LogP contribution in [0.1, 0.15) is 37.4 Å². The summed E-state index contributed by atoms with van der Waals surface area (Å²) in [5.41, 5.74) is 16.3. The number of aromatic nitrogens is 1. The van der Waals surface area contributed by atoms with Crippen LogP contribution in [-0.2, 0) is 12.8 Å².